The number of rotatable bonds is 0. The number of nitrogens with two attached hydrogens (primary N) is 1. The van der Waals surface area contributed by atoms with E-state index in [1.165, 1.54) is 0 Å². The maximum atomic E-state index is 12.0. The van der Waals surface area contributed by atoms with E-state index in [0.29, 0.717) is 4.47 Å². The number of alkyl halides is 3. The quantitative estimate of drug-likeness (QED) is 0.757. The topological polar surface area (TPSA) is 38.9 Å². The van der Waals surface area contributed by atoms with E-state index in [1.54, 1.807) is 0 Å². The molecule has 0 fully saturated rings. The van der Waals surface area contributed by atoms with Gasteiger partial charge in [0.1, 0.15) is 5.69 Å². The van der Waals surface area contributed by atoms with Crippen LogP contribution in [0.1, 0.15) is 5.69 Å². The summed E-state index contributed by atoms with van der Waals surface area (Å²) in [6.07, 6.45) is -3.41. The van der Waals surface area contributed by atoms with Crippen molar-refractivity contribution in [3.05, 3.63) is 22.4 Å². The lowest BCUT2D eigenvalue weighted by Gasteiger charge is -2.06. The van der Waals surface area contributed by atoms with E-state index in [0.717, 1.165) is 12.3 Å². The van der Waals surface area contributed by atoms with Crippen molar-refractivity contribution in [2.75, 3.05) is 5.73 Å². The first-order valence-electron chi connectivity index (χ1n) is 2.89. The van der Waals surface area contributed by atoms with Crippen LogP contribution < -0.4 is 5.73 Å². The summed E-state index contributed by atoms with van der Waals surface area (Å²) in [7, 11) is 0. The highest BCUT2D eigenvalue weighted by Crippen LogP contribution is 2.30. The van der Waals surface area contributed by atoms with Crippen molar-refractivity contribution < 1.29 is 13.2 Å². The van der Waals surface area contributed by atoms with Gasteiger partial charge in [-0.3, -0.25) is 4.98 Å². The highest BCUT2D eigenvalue weighted by molar-refractivity contribution is 9.10. The van der Waals surface area contributed by atoms with E-state index in [-0.39, 0.29) is 5.69 Å². The van der Waals surface area contributed by atoms with Crippen LogP contribution in [0.25, 0.3) is 0 Å². The summed E-state index contributed by atoms with van der Waals surface area (Å²) in [6.45, 7) is 0. The largest absolute Gasteiger partial charge is 0.433 e. The number of hydrogen-bond acceptors (Lipinski definition) is 2. The van der Waals surface area contributed by atoms with Gasteiger partial charge < -0.3 is 5.73 Å². The van der Waals surface area contributed by atoms with Gasteiger partial charge in [-0.2, -0.15) is 13.2 Å². The van der Waals surface area contributed by atoms with E-state index in [2.05, 4.69) is 20.9 Å². The molecule has 0 atom stereocenters. The summed E-state index contributed by atoms with van der Waals surface area (Å²) in [5.41, 5.74) is 4.27. The smallest absolute Gasteiger partial charge is 0.398 e. The third-order valence-corrected chi connectivity index (χ3v) is 1.84. The molecule has 1 aromatic heterocycles. The molecule has 0 bridgehead atoms. The van der Waals surface area contributed by atoms with Crippen LogP contribution in [-0.2, 0) is 6.18 Å². The van der Waals surface area contributed by atoms with Crippen molar-refractivity contribution in [2.45, 2.75) is 6.18 Å². The van der Waals surface area contributed by atoms with Crippen LogP contribution in [0.5, 0.6) is 0 Å². The standard InChI is InChI=1S/C6H4BrF3N2/c7-3-2-12-5(1-4(3)11)6(8,9)10/h1-2H,(H2,11,12). The molecule has 2 nitrogen and oxygen atoms in total. The lowest BCUT2D eigenvalue weighted by atomic mass is 10.3. The number of pyridine rings is 1. The van der Waals surface area contributed by atoms with Crippen molar-refractivity contribution in [1.82, 2.24) is 4.98 Å². The first-order valence-corrected chi connectivity index (χ1v) is 3.69. The Labute approximate surface area is 74.7 Å². The second-order valence-corrected chi connectivity index (χ2v) is 2.94. The average Bonchev–Trinajstić information content (AvgIpc) is 1.92. The van der Waals surface area contributed by atoms with Crippen molar-refractivity contribution in [3.63, 3.8) is 0 Å². The zero-order valence-electron chi connectivity index (χ0n) is 5.69. The first kappa shape index (κ1) is 9.31. The van der Waals surface area contributed by atoms with Gasteiger partial charge in [0, 0.05) is 11.9 Å². The van der Waals surface area contributed by atoms with Crippen molar-refractivity contribution in [3.8, 4) is 0 Å². The lowest BCUT2D eigenvalue weighted by Crippen LogP contribution is -2.08. The molecular weight excluding hydrogens is 237 g/mol. The summed E-state index contributed by atoms with van der Waals surface area (Å²) in [5.74, 6) is 0. The molecule has 1 rings (SSSR count). The number of halogens is 4. The van der Waals surface area contributed by atoms with Crippen molar-refractivity contribution in [2.24, 2.45) is 0 Å². The molecule has 0 aliphatic heterocycles. The third kappa shape index (κ3) is 1.88. The predicted octanol–water partition coefficient (Wildman–Crippen LogP) is 2.45. The zero-order valence-corrected chi connectivity index (χ0v) is 7.28. The van der Waals surface area contributed by atoms with Gasteiger partial charge in [0.2, 0.25) is 0 Å². The van der Waals surface area contributed by atoms with E-state index in [1.807, 2.05) is 0 Å². The fraction of sp³-hybridized carbons (Fsp3) is 0.167. The summed E-state index contributed by atoms with van der Waals surface area (Å²) < 4.78 is 36.3. The molecule has 6 heteroatoms. The second-order valence-electron chi connectivity index (χ2n) is 2.09. The zero-order chi connectivity index (χ0) is 9.35. The van der Waals surface area contributed by atoms with Crippen LogP contribution in [0.3, 0.4) is 0 Å². The minimum absolute atomic E-state index is 0.0253. The number of aromatic nitrogens is 1. The average molecular weight is 241 g/mol. The molecule has 0 amide bonds. The third-order valence-electron chi connectivity index (χ3n) is 1.18. The van der Waals surface area contributed by atoms with Crippen molar-refractivity contribution >= 4 is 21.6 Å². The summed E-state index contributed by atoms with van der Waals surface area (Å²) in [5, 5.41) is 0. The summed E-state index contributed by atoms with van der Waals surface area (Å²) in [4.78, 5) is 3.16. The number of nitrogens with zero attached hydrogens (tertiary/aromatic N) is 1. The molecule has 0 saturated heterocycles. The molecule has 0 saturated carbocycles. The molecule has 0 aliphatic carbocycles. The highest BCUT2D eigenvalue weighted by Gasteiger charge is 2.32. The van der Waals surface area contributed by atoms with E-state index in [4.69, 9.17) is 5.73 Å². The molecule has 0 radical (unpaired) electrons. The molecule has 0 spiro atoms. The molecule has 12 heavy (non-hydrogen) atoms. The van der Waals surface area contributed by atoms with Gasteiger partial charge in [-0.15, -0.1) is 0 Å². The molecule has 0 aromatic carbocycles. The second kappa shape index (κ2) is 2.93. The molecule has 0 unspecified atom stereocenters. The summed E-state index contributed by atoms with van der Waals surface area (Å²) in [6, 6.07) is 0.782. The highest BCUT2D eigenvalue weighted by atomic mass is 79.9. The number of hydrogen-bond donors (Lipinski definition) is 1. The Morgan fingerprint density at radius 1 is 1.42 bits per heavy atom. The fourth-order valence-corrected chi connectivity index (χ4v) is 0.826. The van der Waals surface area contributed by atoms with Gasteiger partial charge in [0.15, 0.2) is 0 Å². The van der Waals surface area contributed by atoms with Crippen molar-refractivity contribution in [1.29, 1.82) is 0 Å². The number of anilines is 1. The Bertz CT molecular complexity index is 297. The summed E-state index contributed by atoms with van der Waals surface area (Å²) >= 11 is 2.94. The Hall–Kier alpha value is -0.780. The fourth-order valence-electron chi connectivity index (χ4n) is 0.609. The van der Waals surface area contributed by atoms with Crippen LogP contribution in [0, 0.1) is 0 Å². The first-order chi connectivity index (χ1) is 5.41. The van der Waals surface area contributed by atoms with Gasteiger partial charge in [-0.05, 0) is 22.0 Å². The van der Waals surface area contributed by atoms with Gasteiger partial charge in [0.25, 0.3) is 0 Å². The predicted molar refractivity (Wildman–Crippen MR) is 41.4 cm³/mol. The Morgan fingerprint density at radius 3 is 2.42 bits per heavy atom. The molecule has 2 N–H and O–H groups in total. The van der Waals surface area contributed by atoms with Crippen LogP contribution in [0.4, 0.5) is 18.9 Å². The van der Waals surface area contributed by atoms with Gasteiger partial charge >= 0.3 is 6.18 Å². The Kier molecular flexibility index (Phi) is 2.27. The maximum Gasteiger partial charge on any atom is 0.433 e. The van der Waals surface area contributed by atoms with E-state index < -0.39 is 11.9 Å². The molecule has 0 aliphatic rings. The Morgan fingerprint density at radius 2 is 2.00 bits per heavy atom. The molecule has 1 aromatic rings. The maximum absolute atomic E-state index is 12.0. The number of nitrogen functional groups attached to an aromatic ring is 1. The van der Waals surface area contributed by atoms with Crippen LogP contribution in [0.15, 0.2) is 16.7 Å². The molecular formula is C6H4BrF3N2. The van der Waals surface area contributed by atoms with Gasteiger partial charge in [-0.25, -0.2) is 0 Å². The van der Waals surface area contributed by atoms with Gasteiger partial charge in [-0.1, -0.05) is 0 Å². The van der Waals surface area contributed by atoms with Crippen LogP contribution in [0.2, 0.25) is 0 Å². The SMILES string of the molecule is Nc1cc(C(F)(F)F)ncc1Br. The minimum Gasteiger partial charge on any atom is -0.398 e. The normalized spacial score (nSPS) is 11.7. The molecule has 1 heterocycles. The van der Waals surface area contributed by atoms with Crippen LogP contribution >= 0.6 is 15.9 Å². The lowest BCUT2D eigenvalue weighted by molar-refractivity contribution is -0.141. The minimum atomic E-state index is -4.44. The van der Waals surface area contributed by atoms with E-state index in [9.17, 15) is 13.2 Å². The van der Waals surface area contributed by atoms with Crippen LogP contribution in [-0.4, -0.2) is 4.98 Å². The van der Waals surface area contributed by atoms with E-state index >= 15 is 0 Å². The monoisotopic (exact) mass is 240 g/mol. The Balaban J connectivity index is 3.14. The molecule has 66 valence electrons. The van der Waals surface area contributed by atoms with Gasteiger partial charge in [0.05, 0.1) is 4.47 Å².